The summed E-state index contributed by atoms with van der Waals surface area (Å²) in [6.07, 6.45) is 5.73. The maximum atomic E-state index is 11.9. The normalized spacial score (nSPS) is 28.8. The Kier molecular flexibility index (Phi) is 5.03. The Morgan fingerprint density at radius 2 is 2.05 bits per heavy atom. The van der Waals surface area contributed by atoms with Crippen molar-refractivity contribution in [3.05, 3.63) is 12.2 Å². The molecule has 118 valence electrons. The van der Waals surface area contributed by atoms with Crippen molar-refractivity contribution < 1.29 is 22.7 Å². The Balaban J connectivity index is 1.79. The number of allylic oxidation sites excluding steroid dienone is 2. The summed E-state index contributed by atoms with van der Waals surface area (Å²) < 4.78 is 27.8. The van der Waals surface area contributed by atoms with Crippen LogP contribution in [0.4, 0.5) is 0 Å². The van der Waals surface area contributed by atoms with E-state index in [4.69, 9.17) is 4.74 Å². The molecule has 3 atom stereocenters. The second-order valence-corrected chi connectivity index (χ2v) is 7.90. The lowest BCUT2D eigenvalue weighted by molar-refractivity contribution is -0.159. The zero-order valence-electron chi connectivity index (χ0n) is 12.1. The number of nitrogens with one attached hydrogen (secondary N) is 1. The van der Waals surface area contributed by atoms with E-state index in [9.17, 15) is 18.0 Å². The molecule has 1 heterocycles. The first kappa shape index (κ1) is 16.0. The second-order valence-electron chi connectivity index (χ2n) is 5.67. The van der Waals surface area contributed by atoms with E-state index in [-0.39, 0.29) is 29.4 Å². The van der Waals surface area contributed by atoms with Gasteiger partial charge in [-0.15, -0.1) is 0 Å². The lowest BCUT2D eigenvalue weighted by Gasteiger charge is -2.20. The molecule has 6 nitrogen and oxygen atoms in total. The van der Waals surface area contributed by atoms with E-state index in [0.29, 0.717) is 12.8 Å². The fourth-order valence-corrected chi connectivity index (χ4v) is 4.23. The number of amides is 1. The van der Waals surface area contributed by atoms with Crippen LogP contribution < -0.4 is 5.32 Å². The van der Waals surface area contributed by atoms with Crippen LogP contribution in [0.25, 0.3) is 0 Å². The van der Waals surface area contributed by atoms with Crippen molar-refractivity contribution in [3.63, 3.8) is 0 Å². The van der Waals surface area contributed by atoms with Gasteiger partial charge in [-0.3, -0.25) is 9.59 Å². The first-order valence-corrected chi connectivity index (χ1v) is 9.06. The third-order valence-corrected chi connectivity index (χ3v) is 5.61. The number of carbonyl (C=O) groups excluding carboxylic acids is 2. The fraction of sp³-hybridized carbons (Fsp3) is 0.714. The van der Waals surface area contributed by atoms with E-state index < -0.39 is 21.8 Å². The van der Waals surface area contributed by atoms with Crippen LogP contribution in [0.2, 0.25) is 0 Å². The summed E-state index contributed by atoms with van der Waals surface area (Å²) >= 11 is 0. The third-order valence-electron chi connectivity index (χ3n) is 3.84. The number of rotatable bonds is 4. The summed E-state index contributed by atoms with van der Waals surface area (Å²) in [4.78, 5) is 23.9. The number of ether oxygens (including phenoxy) is 1. The maximum Gasteiger partial charge on any atom is 0.310 e. The van der Waals surface area contributed by atoms with Gasteiger partial charge in [0.05, 0.1) is 17.4 Å². The fourth-order valence-electron chi connectivity index (χ4n) is 2.56. The molecule has 1 saturated heterocycles. The van der Waals surface area contributed by atoms with E-state index in [1.807, 2.05) is 12.2 Å². The van der Waals surface area contributed by atoms with E-state index in [2.05, 4.69) is 5.32 Å². The second kappa shape index (κ2) is 6.60. The van der Waals surface area contributed by atoms with Crippen molar-refractivity contribution in [2.45, 2.75) is 44.8 Å². The van der Waals surface area contributed by atoms with Crippen LogP contribution in [-0.2, 0) is 24.2 Å². The largest absolute Gasteiger partial charge is 0.452 e. The van der Waals surface area contributed by atoms with Crippen molar-refractivity contribution in [1.82, 2.24) is 5.32 Å². The van der Waals surface area contributed by atoms with Gasteiger partial charge in [0.1, 0.15) is 0 Å². The molecule has 0 spiro atoms. The topological polar surface area (TPSA) is 89.5 Å². The summed E-state index contributed by atoms with van der Waals surface area (Å²) in [7, 11) is -3.04. The van der Waals surface area contributed by atoms with Crippen LogP contribution >= 0.6 is 0 Å². The van der Waals surface area contributed by atoms with Crippen LogP contribution in [0.3, 0.4) is 0 Å². The highest BCUT2D eigenvalue weighted by Crippen LogP contribution is 2.20. The van der Waals surface area contributed by atoms with Gasteiger partial charge in [0, 0.05) is 6.04 Å². The molecule has 7 heteroatoms. The van der Waals surface area contributed by atoms with Crippen LogP contribution in [-0.4, -0.2) is 43.9 Å². The third kappa shape index (κ3) is 4.56. The maximum absolute atomic E-state index is 11.9. The molecule has 0 bridgehead atoms. The number of esters is 1. The smallest absolute Gasteiger partial charge is 0.310 e. The summed E-state index contributed by atoms with van der Waals surface area (Å²) in [6, 6.07) is -0.374. The van der Waals surface area contributed by atoms with Gasteiger partial charge >= 0.3 is 5.97 Å². The Morgan fingerprint density at radius 3 is 2.62 bits per heavy atom. The number of sulfone groups is 1. The van der Waals surface area contributed by atoms with Crippen LogP contribution in [0.15, 0.2) is 12.2 Å². The zero-order chi connectivity index (χ0) is 15.5. The van der Waals surface area contributed by atoms with Gasteiger partial charge in [-0.2, -0.15) is 0 Å². The predicted octanol–water partition coefficient (Wildman–Crippen LogP) is 0.578. The van der Waals surface area contributed by atoms with Crippen LogP contribution in [0.1, 0.15) is 32.6 Å². The van der Waals surface area contributed by atoms with E-state index in [0.717, 1.165) is 12.8 Å². The minimum atomic E-state index is -3.04. The SMILES string of the molecule is C[C@H](OC(=O)[C@H]1CC=CCC1)C(=O)N[C@H]1CCS(=O)(=O)C1. The van der Waals surface area contributed by atoms with Crippen molar-refractivity contribution in [3.8, 4) is 0 Å². The van der Waals surface area contributed by atoms with Gasteiger partial charge in [0.15, 0.2) is 15.9 Å². The lowest BCUT2D eigenvalue weighted by Crippen LogP contribution is -2.43. The van der Waals surface area contributed by atoms with Gasteiger partial charge in [0.25, 0.3) is 5.91 Å². The summed E-state index contributed by atoms with van der Waals surface area (Å²) in [5.74, 6) is -0.914. The molecule has 0 aromatic carbocycles. The minimum absolute atomic E-state index is 0.0349. The Bertz CT molecular complexity index is 540. The molecule has 0 saturated carbocycles. The van der Waals surface area contributed by atoms with Crippen molar-refractivity contribution >= 4 is 21.7 Å². The average Bonchev–Trinajstić information content (AvgIpc) is 2.78. The molecule has 21 heavy (non-hydrogen) atoms. The molecule has 1 aliphatic heterocycles. The molecule has 1 N–H and O–H groups in total. The number of carbonyl (C=O) groups is 2. The molecule has 0 radical (unpaired) electrons. The zero-order valence-corrected chi connectivity index (χ0v) is 12.9. The molecule has 1 amide bonds. The van der Waals surface area contributed by atoms with Crippen LogP contribution in [0, 0.1) is 5.92 Å². The van der Waals surface area contributed by atoms with Crippen LogP contribution in [0.5, 0.6) is 0 Å². The van der Waals surface area contributed by atoms with Crippen molar-refractivity contribution in [1.29, 1.82) is 0 Å². The Labute approximate surface area is 124 Å². The molecule has 2 aliphatic rings. The molecule has 2 rings (SSSR count). The van der Waals surface area contributed by atoms with E-state index >= 15 is 0 Å². The summed E-state index contributed by atoms with van der Waals surface area (Å²) in [5.41, 5.74) is 0. The predicted molar refractivity (Wildman–Crippen MR) is 77.2 cm³/mol. The van der Waals surface area contributed by atoms with Gasteiger partial charge in [0.2, 0.25) is 0 Å². The van der Waals surface area contributed by atoms with E-state index in [1.54, 1.807) is 0 Å². The quantitative estimate of drug-likeness (QED) is 0.605. The highest BCUT2D eigenvalue weighted by molar-refractivity contribution is 7.91. The van der Waals surface area contributed by atoms with Gasteiger partial charge in [-0.25, -0.2) is 8.42 Å². The molecule has 0 unspecified atom stereocenters. The molecule has 0 aromatic rings. The van der Waals surface area contributed by atoms with Gasteiger partial charge < -0.3 is 10.1 Å². The first-order chi connectivity index (χ1) is 9.87. The number of hydrogen-bond acceptors (Lipinski definition) is 5. The molecule has 1 fully saturated rings. The standard InChI is InChI=1S/C14H21NO5S/c1-10(20-14(17)11-5-3-2-4-6-11)13(16)15-12-7-8-21(18,19)9-12/h2-3,10-12H,4-9H2,1H3,(H,15,16)/t10-,11-,12-/m0/s1. The molecular formula is C14H21NO5S. The highest BCUT2D eigenvalue weighted by Gasteiger charge is 2.31. The average molecular weight is 315 g/mol. The Morgan fingerprint density at radius 1 is 1.29 bits per heavy atom. The minimum Gasteiger partial charge on any atom is -0.452 e. The molecule has 1 aliphatic carbocycles. The summed E-state index contributed by atoms with van der Waals surface area (Å²) in [6.45, 7) is 1.51. The molecular weight excluding hydrogens is 294 g/mol. The highest BCUT2D eigenvalue weighted by atomic mass is 32.2. The van der Waals surface area contributed by atoms with Crippen molar-refractivity contribution in [2.24, 2.45) is 5.92 Å². The van der Waals surface area contributed by atoms with Gasteiger partial charge in [-0.05, 0) is 32.6 Å². The monoisotopic (exact) mass is 315 g/mol. The number of hydrogen-bond donors (Lipinski definition) is 1. The van der Waals surface area contributed by atoms with E-state index in [1.165, 1.54) is 6.92 Å². The Hall–Kier alpha value is -1.37. The molecule has 0 aromatic heterocycles. The summed E-state index contributed by atoms with van der Waals surface area (Å²) in [5, 5.41) is 2.63. The first-order valence-electron chi connectivity index (χ1n) is 7.23. The van der Waals surface area contributed by atoms with Crippen molar-refractivity contribution in [2.75, 3.05) is 11.5 Å². The van der Waals surface area contributed by atoms with Gasteiger partial charge in [-0.1, -0.05) is 12.2 Å². The lowest BCUT2D eigenvalue weighted by atomic mass is 9.95.